The molecule has 0 unspecified atom stereocenters. The van der Waals surface area contributed by atoms with Gasteiger partial charge < -0.3 is 19.9 Å². The molecule has 2 amide bonds. The van der Waals surface area contributed by atoms with Crippen LogP contribution in [0.5, 0.6) is 0 Å². The number of amides is 2. The molecular weight excluding hydrogens is 423 g/mol. The van der Waals surface area contributed by atoms with Gasteiger partial charge in [-0.25, -0.2) is 18.7 Å². The van der Waals surface area contributed by atoms with Gasteiger partial charge in [-0.3, -0.25) is 0 Å². The Balaban J connectivity index is 1.41. The third-order valence-electron chi connectivity index (χ3n) is 5.93. The van der Waals surface area contributed by atoms with Crippen LogP contribution in [0, 0.1) is 5.82 Å². The summed E-state index contributed by atoms with van der Waals surface area (Å²) >= 11 is 6.37. The summed E-state index contributed by atoms with van der Waals surface area (Å²) in [6.45, 7) is 1.90. The van der Waals surface area contributed by atoms with E-state index in [1.807, 2.05) is 6.07 Å². The average Bonchev–Trinajstić information content (AvgIpc) is 3.36. The van der Waals surface area contributed by atoms with Gasteiger partial charge in [-0.05, 0) is 42.7 Å². The van der Waals surface area contributed by atoms with E-state index in [1.54, 1.807) is 35.0 Å². The first-order valence-electron chi connectivity index (χ1n) is 10.2. The van der Waals surface area contributed by atoms with E-state index in [9.17, 15) is 9.18 Å². The van der Waals surface area contributed by atoms with Crippen LogP contribution in [-0.4, -0.2) is 58.4 Å². The van der Waals surface area contributed by atoms with Crippen LogP contribution in [0.2, 0.25) is 5.02 Å². The number of methoxy groups -OCH3 is 1. The molecule has 2 saturated heterocycles. The summed E-state index contributed by atoms with van der Waals surface area (Å²) in [6.07, 6.45) is 5.28. The predicted octanol–water partition coefficient (Wildman–Crippen LogP) is 3.73. The number of nitrogens with one attached hydrogen (secondary N) is 1. The van der Waals surface area contributed by atoms with Crippen molar-refractivity contribution in [1.29, 1.82) is 0 Å². The first-order chi connectivity index (χ1) is 15.0. The molecule has 2 fully saturated rings. The number of carbonyl (C=O) groups excluding carboxylic acids is 1. The maximum atomic E-state index is 13.9. The molecule has 2 aliphatic rings. The van der Waals surface area contributed by atoms with Crippen LogP contribution in [0.25, 0.3) is 5.65 Å². The second-order valence-corrected chi connectivity index (χ2v) is 8.23. The van der Waals surface area contributed by atoms with Crippen molar-refractivity contribution >= 4 is 34.8 Å². The third-order valence-corrected chi connectivity index (χ3v) is 6.27. The molecule has 1 atom stereocenters. The zero-order valence-electron chi connectivity index (χ0n) is 17.0. The number of anilines is 2. The molecule has 1 N–H and O–H groups in total. The van der Waals surface area contributed by atoms with Crippen molar-refractivity contribution in [3.05, 3.63) is 53.1 Å². The minimum Gasteiger partial charge on any atom is -0.378 e. The van der Waals surface area contributed by atoms with Crippen LogP contribution in [-0.2, 0) is 4.74 Å². The van der Waals surface area contributed by atoms with Crippen LogP contribution in [0.3, 0.4) is 0 Å². The van der Waals surface area contributed by atoms with Crippen molar-refractivity contribution < 1.29 is 13.9 Å². The Labute approximate surface area is 183 Å². The van der Waals surface area contributed by atoms with E-state index in [1.165, 1.54) is 12.1 Å². The van der Waals surface area contributed by atoms with Gasteiger partial charge in [0.2, 0.25) is 0 Å². The number of urea groups is 1. The molecule has 5 rings (SSSR count). The molecule has 10 heteroatoms. The molecule has 0 spiro atoms. The largest absolute Gasteiger partial charge is 0.378 e. The molecule has 0 aliphatic carbocycles. The fourth-order valence-electron chi connectivity index (χ4n) is 4.19. The Morgan fingerprint density at radius 1 is 1.32 bits per heavy atom. The first-order valence-corrected chi connectivity index (χ1v) is 10.6. The van der Waals surface area contributed by atoms with Crippen LogP contribution < -0.4 is 10.2 Å². The number of halogens is 2. The molecule has 0 radical (unpaired) electrons. The van der Waals surface area contributed by atoms with Gasteiger partial charge in [0, 0.05) is 24.9 Å². The third kappa shape index (κ3) is 3.68. The molecule has 2 aromatic heterocycles. The smallest absolute Gasteiger partial charge is 0.322 e. The highest BCUT2D eigenvalue weighted by Crippen LogP contribution is 2.38. The van der Waals surface area contributed by atoms with E-state index >= 15 is 0 Å². The molecule has 31 heavy (non-hydrogen) atoms. The molecule has 3 aromatic rings. The van der Waals surface area contributed by atoms with Gasteiger partial charge in [-0.1, -0.05) is 11.6 Å². The highest BCUT2D eigenvalue weighted by Gasteiger charge is 2.32. The monoisotopic (exact) mass is 444 g/mol. The Kier molecular flexibility index (Phi) is 5.15. The number of hydrogen-bond donors (Lipinski definition) is 1. The number of nitrogens with zero attached hydrogens (tertiary/aromatic N) is 5. The summed E-state index contributed by atoms with van der Waals surface area (Å²) in [7, 11) is 1.64. The maximum Gasteiger partial charge on any atom is 0.322 e. The average molecular weight is 445 g/mol. The van der Waals surface area contributed by atoms with Crippen LogP contribution in [0.1, 0.15) is 24.4 Å². The molecule has 0 saturated carbocycles. The van der Waals surface area contributed by atoms with E-state index in [4.69, 9.17) is 21.3 Å². The summed E-state index contributed by atoms with van der Waals surface area (Å²) < 4.78 is 20.7. The lowest BCUT2D eigenvalue weighted by Crippen LogP contribution is -2.55. The predicted molar refractivity (Wildman–Crippen MR) is 115 cm³/mol. The second kappa shape index (κ2) is 7.97. The van der Waals surface area contributed by atoms with Gasteiger partial charge in [0.05, 0.1) is 31.4 Å². The summed E-state index contributed by atoms with van der Waals surface area (Å²) in [5.74, 6) is 0.423. The summed E-state index contributed by atoms with van der Waals surface area (Å²) in [5.41, 5.74) is 1.84. The Morgan fingerprint density at radius 3 is 2.97 bits per heavy atom. The van der Waals surface area contributed by atoms with E-state index in [-0.39, 0.29) is 24.0 Å². The number of likely N-dealkylation sites (tertiary alicyclic amines) is 1. The number of fused-ring (bicyclic) bond motifs is 1. The van der Waals surface area contributed by atoms with Gasteiger partial charge >= 0.3 is 6.03 Å². The van der Waals surface area contributed by atoms with E-state index < -0.39 is 0 Å². The normalized spacial score (nSPS) is 19.1. The molecule has 2 aliphatic heterocycles. The summed E-state index contributed by atoms with van der Waals surface area (Å²) in [4.78, 5) is 21.0. The summed E-state index contributed by atoms with van der Waals surface area (Å²) in [6, 6.07) is 6.05. The lowest BCUT2D eigenvalue weighted by molar-refractivity contribution is -0.00465. The summed E-state index contributed by atoms with van der Waals surface area (Å²) in [5, 5.41) is 7.71. The van der Waals surface area contributed by atoms with Gasteiger partial charge in [0.15, 0.2) is 5.65 Å². The van der Waals surface area contributed by atoms with Crippen molar-refractivity contribution in [3.63, 3.8) is 0 Å². The van der Waals surface area contributed by atoms with Gasteiger partial charge in [-0.2, -0.15) is 5.10 Å². The van der Waals surface area contributed by atoms with Crippen LogP contribution in [0.4, 0.5) is 20.7 Å². The number of rotatable bonds is 4. The molecule has 0 bridgehead atoms. The standard InChI is InChI=1S/C21H22ClFN6O2/c1-31-14-11-27(12-14)21(30)25-17-10-24-29-8-6-19(26-20(17)29)28-7-2-3-18(28)15-9-13(23)4-5-16(15)22/h4-6,8-10,14,18H,2-3,7,11-12H2,1H3,(H,25,30)/t18-/m1/s1. The lowest BCUT2D eigenvalue weighted by Gasteiger charge is -2.37. The maximum absolute atomic E-state index is 13.9. The van der Waals surface area contributed by atoms with Crippen molar-refractivity contribution in [2.45, 2.75) is 25.0 Å². The molecule has 8 nitrogen and oxygen atoms in total. The molecule has 162 valence electrons. The Bertz CT molecular complexity index is 1130. The van der Waals surface area contributed by atoms with E-state index in [2.05, 4.69) is 15.3 Å². The number of ether oxygens (including phenoxy) is 1. The second-order valence-electron chi connectivity index (χ2n) is 7.82. The van der Waals surface area contributed by atoms with Gasteiger partial charge in [0.25, 0.3) is 0 Å². The fraction of sp³-hybridized carbons (Fsp3) is 0.381. The Morgan fingerprint density at radius 2 is 2.16 bits per heavy atom. The number of carbonyl (C=O) groups is 1. The highest BCUT2D eigenvalue weighted by atomic mass is 35.5. The fourth-order valence-corrected chi connectivity index (χ4v) is 4.43. The zero-order chi connectivity index (χ0) is 21.5. The number of aromatic nitrogens is 3. The molecule has 1 aromatic carbocycles. The van der Waals surface area contributed by atoms with Crippen molar-refractivity contribution in [3.8, 4) is 0 Å². The van der Waals surface area contributed by atoms with Crippen molar-refractivity contribution in [2.75, 3.05) is 37.0 Å². The zero-order valence-corrected chi connectivity index (χ0v) is 17.7. The lowest BCUT2D eigenvalue weighted by atomic mass is 10.0. The topological polar surface area (TPSA) is 75.0 Å². The van der Waals surface area contributed by atoms with Crippen molar-refractivity contribution in [2.24, 2.45) is 0 Å². The van der Waals surface area contributed by atoms with Gasteiger partial charge in [-0.15, -0.1) is 0 Å². The first kappa shape index (κ1) is 20.0. The molecule has 4 heterocycles. The molecular formula is C21H22ClFN6O2. The number of hydrogen-bond acceptors (Lipinski definition) is 5. The van der Waals surface area contributed by atoms with E-state index in [0.717, 1.165) is 30.8 Å². The highest BCUT2D eigenvalue weighted by molar-refractivity contribution is 6.31. The minimum absolute atomic E-state index is 0.0637. The van der Waals surface area contributed by atoms with E-state index in [0.29, 0.717) is 29.4 Å². The SMILES string of the molecule is COC1CN(C(=O)Nc2cnn3ccc(N4CCC[C@@H]4c4cc(F)ccc4Cl)nc23)C1. The quantitative estimate of drug-likeness (QED) is 0.663. The number of benzene rings is 1. The van der Waals surface area contributed by atoms with Crippen molar-refractivity contribution in [1.82, 2.24) is 19.5 Å². The van der Waals surface area contributed by atoms with Crippen LogP contribution in [0.15, 0.2) is 36.7 Å². The minimum atomic E-state index is -0.308. The van der Waals surface area contributed by atoms with Gasteiger partial charge in [0.1, 0.15) is 17.3 Å². The van der Waals surface area contributed by atoms with Crippen LogP contribution >= 0.6 is 11.6 Å². The Hall–Kier alpha value is -2.91.